The summed E-state index contributed by atoms with van der Waals surface area (Å²) in [6.07, 6.45) is 1.27. The lowest BCUT2D eigenvalue weighted by Crippen LogP contribution is -2.54. The van der Waals surface area contributed by atoms with Gasteiger partial charge in [-0.1, -0.05) is 28.1 Å². The second kappa shape index (κ2) is 9.85. The minimum Gasteiger partial charge on any atom is -0.488 e. The van der Waals surface area contributed by atoms with Gasteiger partial charge in [0.15, 0.2) is 0 Å². The first kappa shape index (κ1) is 23.8. The molecule has 4 amide bonds. The molecule has 0 spiro atoms. The smallest absolute Gasteiger partial charge is 0.335 e. The molecule has 0 bridgehead atoms. The second-order valence-corrected chi connectivity index (χ2v) is 8.25. The number of barbiturate groups is 1. The van der Waals surface area contributed by atoms with Crippen molar-refractivity contribution in [1.82, 2.24) is 5.32 Å². The first-order valence-electron chi connectivity index (χ1n) is 10.1. The number of amides is 4. The molecule has 0 atom stereocenters. The summed E-state index contributed by atoms with van der Waals surface area (Å²) in [4.78, 5) is 49.0. The number of nitro groups is 1. The lowest BCUT2D eigenvalue weighted by atomic mass is 10.1. The molecule has 1 heterocycles. The van der Waals surface area contributed by atoms with Crippen LogP contribution in [0.1, 0.15) is 11.1 Å². The van der Waals surface area contributed by atoms with E-state index in [1.165, 1.54) is 30.3 Å². The maximum Gasteiger partial charge on any atom is 0.335 e. The summed E-state index contributed by atoms with van der Waals surface area (Å²) in [6, 6.07) is 14.5. The van der Waals surface area contributed by atoms with Crippen molar-refractivity contribution < 1.29 is 28.4 Å². The summed E-state index contributed by atoms with van der Waals surface area (Å²) < 4.78 is 19.9. The molecular weight excluding hydrogens is 525 g/mol. The van der Waals surface area contributed by atoms with Gasteiger partial charge in [-0.2, -0.15) is 0 Å². The van der Waals surface area contributed by atoms with E-state index in [1.54, 1.807) is 30.3 Å². The number of carbonyl (C=O) groups excluding carboxylic acids is 3. The number of ether oxygens (including phenoxy) is 1. The summed E-state index contributed by atoms with van der Waals surface area (Å²) >= 11 is 3.33. The molecule has 1 aliphatic rings. The van der Waals surface area contributed by atoms with Crippen LogP contribution in [0.4, 0.5) is 20.6 Å². The normalized spacial score (nSPS) is 14.7. The topological polar surface area (TPSA) is 119 Å². The van der Waals surface area contributed by atoms with E-state index in [0.29, 0.717) is 26.2 Å². The van der Waals surface area contributed by atoms with Gasteiger partial charge in [-0.05, 0) is 54.1 Å². The minimum absolute atomic E-state index is 0.0309. The third-order valence-electron chi connectivity index (χ3n) is 4.98. The molecule has 0 unspecified atom stereocenters. The summed E-state index contributed by atoms with van der Waals surface area (Å²) in [6.45, 7) is 0.0309. The van der Waals surface area contributed by atoms with Gasteiger partial charge in [0.1, 0.15) is 23.7 Å². The number of nitrogens with one attached hydrogen (secondary N) is 1. The van der Waals surface area contributed by atoms with Gasteiger partial charge < -0.3 is 4.74 Å². The standard InChI is InChI=1S/C24H15BrFN3O6/c25-16-4-9-21(35-13-14-2-1-3-17(26)10-14)15(11-16)12-20-22(30)27-24(32)28(23(20)31)18-5-7-19(8-6-18)29(33)34/h1-12H,13H2,(H,27,30,32)/b20-12+. The zero-order valence-corrected chi connectivity index (χ0v) is 19.3. The van der Waals surface area contributed by atoms with Crippen molar-refractivity contribution in [1.29, 1.82) is 0 Å². The van der Waals surface area contributed by atoms with Gasteiger partial charge in [0.05, 0.1) is 10.6 Å². The van der Waals surface area contributed by atoms with Crippen LogP contribution in [0.5, 0.6) is 5.75 Å². The molecule has 1 aliphatic heterocycles. The van der Waals surface area contributed by atoms with Gasteiger partial charge in [-0.3, -0.25) is 25.0 Å². The average molecular weight is 540 g/mol. The first-order valence-corrected chi connectivity index (χ1v) is 10.8. The molecule has 4 rings (SSSR count). The Bertz CT molecular complexity index is 1390. The highest BCUT2D eigenvalue weighted by atomic mass is 79.9. The number of carbonyl (C=O) groups is 3. The first-order chi connectivity index (χ1) is 16.7. The minimum atomic E-state index is -0.983. The van der Waals surface area contributed by atoms with E-state index in [-0.39, 0.29) is 23.6 Å². The van der Waals surface area contributed by atoms with Crippen molar-refractivity contribution in [3.8, 4) is 5.75 Å². The largest absolute Gasteiger partial charge is 0.488 e. The zero-order chi connectivity index (χ0) is 25.1. The predicted molar refractivity (Wildman–Crippen MR) is 127 cm³/mol. The molecular formula is C24H15BrFN3O6. The van der Waals surface area contributed by atoms with Crippen LogP contribution in [0.25, 0.3) is 6.08 Å². The van der Waals surface area contributed by atoms with Crippen molar-refractivity contribution >= 4 is 51.2 Å². The van der Waals surface area contributed by atoms with Crippen molar-refractivity contribution in [2.45, 2.75) is 6.61 Å². The van der Waals surface area contributed by atoms with Gasteiger partial charge in [-0.25, -0.2) is 14.1 Å². The van der Waals surface area contributed by atoms with Gasteiger partial charge in [-0.15, -0.1) is 0 Å². The highest BCUT2D eigenvalue weighted by molar-refractivity contribution is 9.10. The molecule has 3 aromatic rings. The third kappa shape index (κ3) is 5.25. The number of non-ortho nitro benzene ring substituents is 1. The number of anilines is 1. The highest BCUT2D eigenvalue weighted by Gasteiger charge is 2.37. The van der Waals surface area contributed by atoms with Gasteiger partial charge >= 0.3 is 6.03 Å². The van der Waals surface area contributed by atoms with Crippen LogP contribution in [0, 0.1) is 15.9 Å². The van der Waals surface area contributed by atoms with Crippen LogP contribution in [-0.4, -0.2) is 22.8 Å². The average Bonchev–Trinajstić information content (AvgIpc) is 2.81. The number of halogens is 2. The molecule has 0 aliphatic carbocycles. The number of benzene rings is 3. The van der Waals surface area contributed by atoms with Crippen LogP contribution < -0.4 is 15.0 Å². The Labute approximate surface area is 206 Å². The van der Waals surface area contributed by atoms with Crippen LogP contribution in [0.15, 0.2) is 76.8 Å². The fraction of sp³-hybridized carbons (Fsp3) is 0.0417. The lowest BCUT2D eigenvalue weighted by molar-refractivity contribution is -0.384. The number of imide groups is 2. The predicted octanol–water partition coefficient (Wildman–Crippen LogP) is 4.74. The van der Waals surface area contributed by atoms with Crippen molar-refractivity contribution in [2.24, 2.45) is 0 Å². The van der Waals surface area contributed by atoms with Gasteiger partial charge in [0.2, 0.25) is 0 Å². The van der Waals surface area contributed by atoms with E-state index in [9.17, 15) is 28.9 Å². The molecule has 1 saturated heterocycles. The molecule has 0 radical (unpaired) electrons. The molecule has 176 valence electrons. The van der Waals surface area contributed by atoms with Crippen LogP contribution in [0.2, 0.25) is 0 Å². The van der Waals surface area contributed by atoms with Crippen molar-refractivity contribution in [3.05, 3.63) is 104 Å². The number of nitro benzene ring substituents is 1. The highest BCUT2D eigenvalue weighted by Crippen LogP contribution is 2.29. The summed E-state index contributed by atoms with van der Waals surface area (Å²) in [7, 11) is 0. The number of nitrogens with zero attached hydrogens (tertiary/aromatic N) is 2. The fourth-order valence-electron chi connectivity index (χ4n) is 3.32. The Morgan fingerprint density at radius 2 is 1.80 bits per heavy atom. The summed E-state index contributed by atoms with van der Waals surface area (Å²) in [5.41, 5.74) is 0.407. The van der Waals surface area contributed by atoms with E-state index < -0.39 is 28.6 Å². The number of hydrogen-bond acceptors (Lipinski definition) is 6. The Morgan fingerprint density at radius 3 is 2.49 bits per heavy atom. The molecule has 0 aromatic heterocycles. The van der Waals surface area contributed by atoms with E-state index in [0.717, 1.165) is 12.1 Å². The number of rotatable bonds is 6. The quantitative estimate of drug-likeness (QED) is 0.209. The van der Waals surface area contributed by atoms with Crippen LogP contribution >= 0.6 is 15.9 Å². The number of hydrogen-bond donors (Lipinski definition) is 1. The molecule has 1 fully saturated rings. The SMILES string of the molecule is O=C1NC(=O)N(c2ccc([N+](=O)[O-])cc2)C(=O)/C1=C/c1cc(Br)ccc1OCc1cccc(F)c1. The number of urea groups is 1. The Morgan fingerprint density at radius 1 is 1.06 bits per heavy atom. The Hall–Kier alpha value is -4.38. The zero-order valence-electron chi connectivity index (χ0n) is 17.7. The van der Waals surface area contributed by atoms with E-state index in [4.69, 9.17) is 4.74 Å². The molecule has 9 nitrogen and oxygen atoms in total. The Kier molecular flexibility index (Phi) is 6.69. The molecule has 0 saturated carbocycles. The van der Waals surface area contributed by atoms with E-state index >= 15 is 0 Å². The maximum absolute atomic E-state index is 13.5. The van der Waals surface area contributed by atoms with Crippen LogP contribution in [0.3, 0.4) is 0 Å². The second-order valence-electron chi connectivity index (χ2n) is 7.33. The molecule has 35 heavy (non-hydrogen) atoms. The van der Waals surface area contributed by atoms with Crippen LogP contribution in [-0.2, 0) is 16.2 Å². The maximum atomic E-state index is 13.5. The van der Waals surface area contributed by atoms with Gasteiger partial charge in [0, 0.05) is 22.2 Å². The fourth-order valence-corrected chi connectivity index (χ4v) is 3.70. The molecule has 1 N–H and O–H groups in total. The molecule has 11 heteroatoms. The summed E-state index contributed by atoms with van der Waals surface area (Å²) in [5.74, 6) is -1.92. The molecule has 3 aromatic carbocycles. The third-order valence-corrected chi connectivity index (χ3v) is 5.47. The Balaban J connectivity index is 1.66. The van der Waals surface area contributed by atoms with E-state index in [1.807, 2.05) is 0 Å². The van der Waals surface area contributed by atoms with Crippen molar-refractivity contribution in [3.63, 3.8) is 0 Å². The summed E-state index contributed by atoms with van der Waals surface area (Å²) in [5, 5.41) is 13.0. The van der Waals surface area contributed by atoms with E-state index in [2.05, 4.69) is 21.2 Å². The monoisotopic (exact) mass is 539 g/mol. The lowest BCUT2D eigenvalue weighted by Gasteiger charge is -2.26. The van der Waals surface area contributed by atoms with Crippen molar-refractivity contribution in [2.75, 3.05) is 4.90 Å². The van der Waals surface area contributed by atoms with Gasteiger partial charge in [0.25, 0.3) is 17.5 Å².